The van der Waals surface area contributed by atoms with E-state index in [0.717, 1.165) is 5.56 Å². The first kappa shape index (κ1) is 13.1. The summed E-state index contributed by atoms with van der Waals surface area (Å²) in [5.41, 5.74) is 1.53. The van der Waals surface area contributed by atoms with Gasteiger partial charge in [-0.15, -0.1) is 0 Å². The third-order valence-electron chi connectivity index (χ3n) is 2.84. The maximum atomic E-state index is 11.3. The predicted octanol–water partition coefficient (Wildman–Crippen LogP) is 2.36. The number of rotatable bonds is 4. The fourth-order valence-electron chi connectivity index (χ4n) is 1.89. The summed E-state index contributed by atoms with van der Waals surface area (Å²) in [6, 6.07) is 5.44. The highest BCUT2D eigenvalue weighted by Crippen LogP contribution is 2.23. The van der Waals surface area contributed by atoms with Crippen molar-refractivity contribution in [3.63, 3.8) is 0 Å². The maximum Gasteiger partial charge on any atom is 0.314 e. The fraction of sp³-hybridized carbons (Fsp3) is 0.286. The van der Waals surface area contributed by atoms with Crippen molar-refractivity contribution in [1.29, 1.82) is 0 Å². The second-order valence-corrected chi connectivity index (χ2v) is 4.60. The number of carboxylic acids is 1. The molecule has 2 aromatic heterocycles. The molecule has 0 amide bonds. The molecule has 0 fully saturated rings. The van der Waals surface area contributed by atoms with Crippen LogP contribution in [-0.4, -0.2) is 26.0 Å². The van der Waals surface area contributed by atoms with E-state index in [1.807, 2.05) is 26.0 Å². The highest BCUT2D eigenvalue weighted by Gasteiger charge is 2.26. The zero-order chi connectivity index (χ0) is 13.8. The number of hydrogen-bond acceptors (Lipinski definition) is 4. The van der Waals surface area contributed by atoms with Crippen molar-refractivity contribution in [3.05, 3.63) is 42.6 Å². The molecule has 0 aliphatic rings. The molecule has 0 aliphatic heterocycles. The summed E-state index contributed by atoms with van der Waals surface area (Å²) in [5.74, 6) is -1.33. The van der Waals surface area contributed by atoms with Crippen LogP contribution in [0.4, 0.5) is 0 Å². The van der Waals surface area contributed by atoms with Crippen LogP contribution in [0.1, 0.15) is 25.6 Å². The van der Waals surface area contributed by atoms with Gasteiger partial charge in [-0.05, 0) is 24.1 Å². The monoisotopic (exact) mass is 257 g/mol. The van der Waals surface area contributed by atoms with Gasteiger partial charge in [0.05, 0.1) is 5.69 Å². The molecule has 1 unspecified atom stereocenters. The third-order valence-corrected chi connectivity index (χ3v) is 2.84. The average molecular weight is 257 g/mol. The molecule has 98 valence electrons. The molecule has 1 N–H and O–H groups in total. The van der Waals surface area contributed by atoms with Crippen molar-refractivity contribution in [2.75, 3.05) is 0 Å². The first-order chi connectivity index (χ1) is 9.09. The number of carboxylic acid groups (broad SMARTS) is 1. The molecule has 19 heavy (non-hydrogen) atoms. The lowest BCUT2D eigenvalue weighted by atomic mass is 9.95. The lowest BCUT2D eigenvalue weighted by Gasteiger charge is -2.15. The van der Waals surface area contributed by atoms with Crippen molar-refractivity contribution in [1.82, 2.24) is 15.0 Å². The van der Waals surface area contributed by atoms with Crippen LogP contribution in [-0.2, 0) is 4.79 Å². The van der Waals surface area contributed by atoms with Crippen molar-refractivity contribution in [3.8, 4) is 11.3 Å². The lowest BCUT2D eigenvalue weighted by Crippen LogP contribution is -2.20. The number of aliphatic carboxylic acids is 1. The van der Waals surface area contributed by atoms with E-state index in [-0.39, 0.29) is 5.92 Å². The number of nitrogens with zero attached hydrogens (tertiary/aromatic N) is 3. The van der Waals surface area contributed by atoms with E-state index in [1.54, 1.807) is 24.7 Å². The standard InChI is InChI=1S/C14H15N3O2/c1-9(2)12(14(18)19)13-16-7-5-11(17-13)10-4-3-6-15-8-10/h3-9,12H,1-2H3,(H,18,19). The number of aromatic nitrogens is 3. The van der Waals surface area contributed by atoms with Crippen LogP contribution in [0.15, 0.2) is 36.8 Å². The molecule has 0 aromatic carbocycles. The van der Waals surface area contributed by atoms with Crippen molar-refractivity contribution in [2.24, 2.45) is 5.92 Å². The van der Waals surface area contributed by atoms with E-state index in [9.17, 15) is 9.90 Å². The Kier molecular flexibility index (Phi) is 3.85. The summed E-state index contributed by atoms with van der Waals surface area (Å²) in [6.45, 7) is 3.69. The summed E-state index contributed by atoms with van der Waals surface area (Å²) in [4.78, 5) is 23.8. The quantitative estimate of drug-likeness (QED) is 0.909. The smallest absolute Gasteiger partial charge is 0.314 e. The minimum absolute atomic E-state index is 0.0679. The van der Waals surface area contributed by atoms with Gasteiger partial charge in [0.2, 0.25) is 0 Å². The summed E-state index contributed by atoms with van der Waals surface area (Å²) < 4.78 is 0. The Balaban J connectivity index is 2.42. The number of pyridine rings is 1. The van der Waals surface area contributed by atoms with E-state index >= 15 is 0 Å². The normalized spacial score (nSPS) is 12.4. The molecule has 5 heteroatoms. The first-order valence-electron chi connectivity index (χ1n) is 6.05. The Labute approximate surface area is 111 Å². The van der Waals surface area contributed by atoms with Gasteiger partial charge in [-0.2, -0.15) is 0 Å². The number of carbonyl (C=O) groups is 1. The molecule has 2 rings (SSSR count). The van der Waals surface area contributed by atoms with Crippen LogP contribution < -0.4 is 0 Å². The van der Waals surface area contributed by atoms with E-state index < -0.39 is 11.9 Å². The van der Waals surface area contributed by atoms with Gasteiger partial charge in [0, 0.05) is 24.2 Å². The van der Waals surface area contributed by atoms with Crippen LogP contribution in [0.2, 0.25) is 0 Å². The molecular formula is C14H15N3O2. The van der Waals surface area contributed by atoms with Crippen molar-refractivity contribution in [2.45, 2.75) is 19.8 Å². The summed E-state index contributed by atoms with van der Waals surface area (Å²) in [5, 5.41) is 9.27. The van der Waals surface area contributed by atoms with Gasteiger partial charge in [-0.3, -0.25) is 9.78 Å². The van der Waals surface area contributed by atoms with Crippen molar-refractivity contribution < 1.29 is 9.90 Å². The molecule has 0 aliphatic carbocycles. The van der Waals surface area contributed by atoms with E-state index in [0.29, 0.717) is 11.5 Å². The Bertz CT molecular complexity index is 570. The first-order valence-corrected chi connectivity index (χ1v) is 6.05. The minimum Gasteiger partial charge on any atom is -0.481 e. The second-order valence-electron chi connectivity index (χ2n) is 4.60. The molecule has 2 aromatic rings. The molecule has 1 atom stereocenters. The second kappa shape index (κ2) is 5.56. The summed E-state index contributed by atoms with van der Waals surface area (Å²) in [7, 11) is 0. The zero-order valence-electron chi connectivity index (χ0n) is 10.8. The van der Waals surface area contributed by atoms with Crippen LogP contribution in [0, 0.1) is 5.92 Å². The minimum atomic E-state index is -0.904. The Morgan fingerprint density at radius 3 is 2.63 bits per heavy atom. The molecular weight excluding hydrogens is 242 g/mol. The van der Waals surface area contributed by atoms with Gasteiger partial charge in [0.25, 0.3) is 0 Å². The lowest BCUT2D eigenvalue weighted by molar-refractivity contribution is -0.140. The van der Waals surface area contributed by atoms with Gasteiger partial charge in [0.15, 0.2) is 0 Å². The Morgan fingerprint density at radius 1 is 1.26 bits per heavy atom. The fourth-order valence-corrected chi connectivity index (χ4v) is 1.89. The van der Waals surface area contributed by atoms with Crippen LogP contribution in [0.5, 0.6) is 0 Å². The highest BCUT2D eigenvalue weighted by molar-refractivity contribution is 5.75. The number of hydrogen-bond donors (Lipinski definition) is 1. The van der Waals surface area contributed by atoms with Crippen LogP contribution in [0.3, 0.4) is 0 Å². The van der Waals surface area contributed by atoms with Crippen LogP contribution >= 0.6 is 0 Å². The summed E-state index contributed by atoms with van der Waals surface area (Å²) in [6.07, 6.45) is 4.96. The maximum absolute atomic E-state index is 11.3. The van der Waals surface area contributed by atoms with Gasteiger partial charge < -0.3 is 5.11 Å². The molecule has 0 saturated heterocycles. The topological polar surface area (TPSA) is 76.0 Å². The average Bonchev–Trinajstić information content (AvgIpc) is 2.39. The predicted molar refractivity (Wildman–Crippen MR) is 70.5 cm³/mol. The molecule has 5 nitrogen and oxygen atoms in total. The molecule has 2 heterocycles. The molecule has 0 spiro atoms. The van der Waals surface area contributed by atoms with Crippen LogP contribution in [0.25, 0.3) is 11.3 Å². The molecule has 0 radical (unpaired) electrons. The zero-order valence-corrected chi connectivity index (χ0v) is 10.8. The van der Waals surface area contributed by atoms with Gasteiger partial charge >= 0.3 is 5.97 Å². The van der Waals surface area contributed by atoms with E-state index in [4.69, 9.17) is 0 Å². The Morgan fingerprint density at radius 2 is 2.05 bits per heavy atom. The van der Waals surface area contributed by atoms with E-state index in [2.05, 4.69) is 15.0 Å². The third kappa shape index (κ3) is 2.93. The van der Waals surface area contributed by atoms with Crippen molar-refractivity contribution >= 4 is 5.97 Å². The summed E-state index contributed by atoms with van der Waals surface area (Å²) >= 11 is 0. The van der Waals surface area contributed by atoms with Gasteiger partial charge in [-0.1, -0.05) is 13.8 Å². The molecule has 0 bridgehead atoms. The Hall–Kier alpha value is -2.30. The largest absolute Gasteiger partial charge is 0.481 e. The van der Waals surface area contributed by atoms with Gasteiger partial charge in [0.1, 0.15) is 11.7 Å². The SMILES string of the molecule is CC(C)C(C(=O)O)c1nccc(-c2cccnc2)n1. The molecule has 0 saturated carbocycles. The highest BCUT2D eigenvalue weighted by atomic mass is 16.4. The van der Waals surface area contributed by atoms with Gasteiger partial charge in [-0.25, -0.2) is 9.97 Å². The van der Waals surface area contributed by atoms with E-state index in [1.165, 1.54) is 0 Å².